The Kier molecular flexibility index (Phi) is 8.43. The molecule has 0 saturated heterocycles. The number of carbonyl (C=O) groups excluding carboxylic acids is 2. The van der Waals surface area contributed by atoms with Gasteiger partial charge in [-0.2, -0.15) is 0 Å². The van der Waals surface area contributed by atoms with Gasteiger partial charge in [0.25, 0.3) is 5.91 Å². The number of urea groups is 1. The maximum absolute atomic E-state index is 11.9. The minimum absolute atomic E-state index is 0.177. The molecule has 0 aliphatic carbocycles. The Balaban J connectivity index is 2.47. The molecule has 128 valence electrons. The van der Waals surface area contributed by atoms with Crippen molar-refractivity contribution in [1.29, 1.82) is 0 Å². The van der Waals surface area contributed by atoms with E-state index in [2.05, 4.69) is 10.6 Å². The Morgan fingerprint density at radius 3 is 2.74 bits per heavy atom. The van der Waals surface area contributed by atoms with E-state index >= 15 is 0 Å². The number of benzene rings is 1. The quantitative estimate of drug-likeness (QED) is 0.617. The maximum atomic E-state index is 11.9. The third kappa shape index (κ3) is 7.34. The van der Waals surface area contributed by atoms with Gasteiger partial charge in [-0.15, -0.1) is 0 Å². The number of imide groups is 1. The lowest BCUT2D eigenvalue weighted by atomic mass is 10.2. The predicted octanol–water partition coefficient (Wildman–Crippen LogP) is 0.989. The molecule has 0 saturated carbocycles. The molecule has 1 unspecified atom stereocenters. The van der Waals surface area contributed by atoms with Crippen molar-refractivity contribution in [3.63, 3.8) is 0 Å². The summed E-state index contributed by atoms with van der Waals surface area (Å²) in [6.45, 7) is 3.34. The van der Waals surface area contributed by atoms with Gasteiger partial charge in [-0.3, -0.25) is 10.1 Å². The summed E-state index contributed by atoms with van der Waals surface area (Å²) in [6, 6.07) is 4.93. The molecule has 0 fully saturated rings. The lowest BCUT2D eigenvalue weighted by Gasteiger charge is -2.16. The summed E-state index contributed by atoms with van der Waals surface area (Å²) in [5, 5.41) is 5.59. The van der Waals surface area contributed by atoms with Gasteiger partial charge < -0.3 is 15.0 Å². The summed E-state index contributed by atoms with van der Waals surface area (Å²) in [6.07, 6.45) is 1.88. The van der Waals surface area contributed by atoms with Crippen LogP contribution in [0.5, 0.6) is 5.75 Å². The minimum Gasteiger partial charge on any atom is -0.496 e. The molecule has 6 nitrogen and oxygen atoms in total. The molecule has 0 spiro atoms. The SMILES string of the molecule is CCCCNC(=O)NC(=O)C[NH+](C)Cc1cc(Cl)ccc1OC. The molecule has 3 amide bonds. The number of hydrogen-bond acceptors (Lipinski definition) is 3. The Labute approximate surface area is 142 Å². The largest absolute Gasteiger partial charge is 0.496 e. The van der Waals surface area contributed by atoms with Gasteiger partial charge >= 0.3 is 6.03 Å². The van der Waals surface area contributed by atoms with Crippen molar-refractivity contribution in [2.75, 3.05) is 27.2 Å². The van der Waals surface area contributed by atoms with E-state index in [-0.39, 0.29) is 12.5 Å². The number of quaternary nitrogens is 1. The highest BCUT2D eigenvalue weighted by atomic mass is 35.5. The zero-order chi connectivity index (χ0) is 17.2. The highest BCUT2D eigenvalue weighted by molar-refractivity contribution is 6.30. The van der Waals surface area contributed by atoms with Crippen LogP contribution in [-0.2, 0) is 11.3 Å². The van der Waals surface area contributed by atoms with E-state index in [0.29, 0.717) is 18.1 Å². The van der Waals surface area contributed by atoms with Crippen molar-refractivity contribution in [1.82, 2.24) is 10.6 Å². The van der Waals surface area contributed by atoms with Gasteiger partial charge in [-0.1, -0.05) is 24.9 Å². The number of nitrogens with one attached hydrogen (secondary N) is 3. The molecule has 0 aliphatic heterocycles. The van der Waals surface area contributed by atoms with Gasteiger partial charge in [0.2, 0.25) is 0 Å². The topological polar surface area (TPSA) is 71.9 Å². The number of unbranched alkanes of at least 4 members (excludes halogenated alkanes) is 1. The standard InChI is InChI=1S/C16H24ClN3O3/c1-4-5-8-18-16(22)19-15(21)11-20(2)10-12-9-13(17)6-7-14(12)23-3/h6-7,9H,4-5,8,10-11H2,1-3H3,(H2,18,19,21,22)/p+1. The van der Waals surface area contributed by atoms with E-state index in [1.54, 1.807) is 19.2 Å². The van der Waals surface area contributed by atoms with E-state index in [1.165, 1.54) is 0 Å². The molecular formula is C16H25ClN3O3+. The monoisotopic (exact) mass is 342 g/mol. The first kappa shape index (κ1) is 19.3. The lowest BCUT2D eigenvalue weighted by molar-refractivity contribution is -0.885. The van der Waals surface area contributed by atoms with E-state index < -0.39 is 6.03 Å². The molecule has 23 heavy (non-hydrogen) atoms. The molecule has 0 aromatic heterocycles. The second-order valence-corrected chi connectivity index (χ2v) is 5.86. The number of likely N-dealkylation sites (N-methyl/N-ethyl adjacent to an activating group) is 1. The molecule has 0 bridgehead atoms. The molecule has 1 aromatic carbocycles. The van der Waals surface area contributed by atoms with Crippen LogP contribution < -0.4 is 20.3 Å². The Morgan fingerprint density at radius 2 is 2.09 bits per heavy atom. The number of carbonyl (C=O) groups is 2. The van der Waals surface area contributed by atoms with Gasteiger partial charge in [0.15, 0.2) is 6.54 Å². The molecule has 0 heterocycles. The van der Waals surface area contributed by atoms with Gasteiger partial charge in [-0.25, -0.2) is 4.79 Å². The fourth-order valence-corrected chi connectivity index (χ4v) is 2.34. The van der Waals surface area contributed by atoms with Crippen molar-refractivity contribution in [3.05, 3.63) is 28.8 Å². The molecule has 0 aliphatic rings. The van der Waals surface area contributed by atoms with Crippen molar-refractivity contribution < 1.29 is 19.2 Å². The van der Waals surface area contributed by atoms with Crippen molar-refractivity contribution in [2.24, 2.45) is 0 Å². The Morgan fingerprint density at radius 1 is 1.35 bits per heavy atom. The van der Waals surface area contributed by atoms with Crippen LogP contribution >= 0.6 is 11.6 Å². The average molecular weight is 343 g/mol. The first-order valence-corrected chi connectivity index (χ1v) is 8.05. The van der Waals surface area contributed by atoms with Crippen LogP contribution in [0, 0.1) is 0 Å². The molecular weight excluding hydrogens is 318 g/mol. The smallest absolute Gasteiger partial charge is 0.321 e. The van der Waals surface area contributed by atoms with Gasteiger partial charge in [0.1, 0.15) is 12.3 Å². The second-order valence-electron chi connectivity index (χ2n) is 5.42. The van der Waals surface area contributed by atoms with E-state index in [9.17, 15) is 9.59 Å². The fraction of sp³-hybridized carbons (Fsp3) is 0.500. The normalized spacial score (nSPS) is 11.7. The minimum atomic E-state index is -0.448. The summed E-state index contributed by atoms with van der Waals surface area (Å²) in [5.41, 5.74) is 0.915. The van der Waals surface area contributed by atoms with Gasteiger partial charge in [0.05, 0.1) is 14.2 Å². The van der Waals surface area contributed by atoms with Crippen LogP contribution in [0.3, 0.4) is 0 Å². The van der Waals surface area contributed by atoms with Crippen molar-refractivity contribution in [2.45, 2.75) is 26.3 Å². The summed E-state index contributed by atoms with van der Waals surface area (Å²) in [4.78, 5) is 24.3. The highest BCUT2D eigenvalue weighted by Crippen LogP contribution is 2.21. The van der Waals surface area contributed by atoms with E-state index in [1.807, 2.05) is 20.0 Å². The maximum Gasteiger partial charge on any atom is 0.321 e. The van der Waals surface area contributed by atoms with Crippen LogP contribution in [0.4, 0.5) is 4.79 Å². The summed E-state index contributed by atoms with van der Waals surface area (Å²) in [5.74, 6) is 0.406. The number of methoxy groups -OCH3 is 1. The third-order valence-electron chi connectivity index (χ3n) is 3.27. The molecule has 1 atom stereocenters. The summed E-state index contributed by atoms with van der Waals surface area (Å²) in [7, 11) is 3.46. The van der Waals surface area contributed by atoms with Crippen LogP contribution in [0.15, 0.2) is 18.2 Å². The molecule has 1 rings (SSSR count). The van der Waals surface area contributed by atoms with Crippen LogP contribution in [0.1, 0.15) is 25.3 Å². The first-order chi connectivity index (χ1) is 11.0. The molecule has 1 aromatic rings. The van der Waals surface area contributed by atoms with Crippen LogP contribution in [0.2, 0.25) is 5.02 Å². The molecule has 7 heteroatoms. The number of halogens is 1. The Bertz CT molecular complexity index is 537. The van der Waals surface area contributed by atoms with Crippen LogP contribution in [-0.4, -0.2) is 39.2 Å². The first-order valence-electron chi connectivity index (χ1n) is 7.67. The average Bonchev–Trinajstić information content (AvgIpc) is 2.47. The highest BCUT2D eigenvalue weighted by Gasteiger charge is 2.15. The van der Waals surface area contributed by atoms with Gasteiger partial charge in [0, 0.05) is 17.1 Å². The number of ether oxygens (including phenoxy) is 1. The fourth-order valence-electron chi connectivity index (χ4n) is 2.14. The van der Waals surface area contributed by atoms with Crippen molar-refractivity contribution >= 4 is 23.5 Å². The van der Waals surface area contributed by atoms with Crippen molar-refractivity contribution in [3.8, 4) is 5.75 Å². The third-order valence-corrected chi connectivity index (χ3v) is 3.50. The zero-order valence-corrected chi connectivity index (χ0v) is 14.6. The number of rotatable bonds is 8. The van der Waals surface area contributed by atoms with Crippen LogP contribution in [0.25, 0.3) is 0 Å². The Hall–Kier alpha value is -1.79. The number of hydrogen-bond donors (Lipinski definition) is 3. The molecule has 3 N–H and O–H groups in total. The van der Waals surface area contributed by atoms with Gasteiger partial charge in [-0.05, 0) is 24.6 Å². The van der Waals surface area contributed by atoms with E-state index in [4.69, 9.17) is 16.3 Å². The summed E-state index contributed by atoms with van der Waals surface area (Å²) < 4.78 is 5.29. The summed E-state index contributed by atoms with van der Waals surface area (Å²) >= 11 is 6.00. The lowest BCUT2D eigenvalue weighted by Crippen LogP contribution is -3.09. The van der Waals surface area contributed by atoms with E-state index in [0.717, 1.165) is 29.1 Å². The predicted molar refractivity (Wildman–Crippen MR) is 89.9 cm³/mol. The second kappa shape index (κ2) is 10.1. The zero-order valence-electron chi connectivity index (χ0n) is 13.9. The number of amides is 3. The molecule has 0 radical (unpaired) electrons.